The number of amides is 2. The van der Waals surface area contributed by atoms with E-state index in [1.165, 1.54) is 10.5 Å². The first-order valence-corrected chi connectivity index (χ1v) is 12.0. The summed E-state index contributed by atoms with van der Waals surface area (Å²) >= 11 is 0. The van der Waals surface area contributed by atoms with Crippen molar-refractivity contribution in [3.8, 4) is 0 Å². The maximum Gasteiger partial charge on any atom is 0.256 e. The Morgan fingerprint density at radius 2 is 1.76 bits per heavy atom. The van der Waals surface area contributed by atoms with Gasteiger partial charge >= 0.3 is 0 Å². The Morgan fingerprint density at radius 1 is 1.03 bits per heavy atom. The molecule has 0 unspecified atom stereocenters. The topological polar surface area (TPSA) is 75.0 Å². The maximum atomic E-state index is 13.1. The molecule has 0 radical (unpaired) electrons. The predicted octanol–water partition coefficient (Wildman–Crippen LogP) is 3.20. The molecule has 0 atom stereocenters. The second-order valence-electron chi connectivity index (χ2n) is 8.76. The van der Waals surface area contributed by atoms with Gasteiger partial charge in [0.15, 0.2) is 0 Å². The van der Waals surface area contributed by atoms with Gasteiger partial charge in [-0.2, -0.15) is 0 Å². The van der Waals surface area contributed by atoms with E-state index in [1.807, 2.05) is 53.6 Å². The summed E-state index contributed by atoms with van der Waals surface area (Å²) in [6, 6.07) is 15.8. The lowest BCUT2D eigenvalue weighted by molar-refractivity contribution is 0.0304. The summed E-state index contributed by atoms with van der Waals surface area (Å²) in [5.74, 6) is 0.0000341. The lowest BCUT2D eigenvalue weighted by Crippen LogP contribution is -2.40. The molecule has 1 N–H and O–H groups in total. The standard InChI is InChI=1S/C27H33N3O4/c1-28(14-17-31)26(32)22-11-9-21(10-12-22)6-4-5-13-30-20-24(23-7-2-3-8-25(23)30)27(33)29-15-18-34-19-16-29/h2-3,7-12,20,31H,4-6,13-19H2,1H3. The SMILES string of the molecule is CN(CCO)C(=O)c1ccc(CCCCn2cc(C(=O)N3CCOCC3)c3ccccc32)cc1. The van der Waals surface area contributed by atoms with Gasteiger partial charge in [-0.25, -0.2) is 0 Å². The van der Waals surface area contributed by atoms with Crippen LogP contribution in [0.5, 0.6) is 0 Å². The van der Waals surface area contributed by atoms with Gasteiger partial charge in [0.2, 0.25) is 0 Å². The van der Waals surface area contributed by atoms with Crippen molar-refractivity contribution in [1.29, 1.82) is 0 Å². The smallest absolute Gasteiger partial charge is 0.256 e. The van der Waals surface area contributed by atoms with Crippen LogP contribution < -0.4 is 0 Å². The first kappa shape index (κ1) is 24.0. The van der Waals surface area contributed by atoms with Crippen LogP contribution in [0.4, 0.5) is 0 Å². The molecule has 1 fully saturated rings. The molecule has 1 aliphatic heterocycles. The van der Waals surface area contributed by atoms with E-state index in [4.69, 9.17) is 9.84 Å². The van der Waals surface area contributed by atoms with Crippen LogP contribution in [0.1, 0.15) is 39.1 Å². The fraction of sp³-hybridized carbons (Fsp3) is 0.407. The van der Waals surface area contributed by atoms with Gasteiger partial charge in [0, 0.05) is 55.9 Å². The molecule has 2 heterocycles. The Morgan fingerprint density at radius 3 is 2.50 bits per heavy atom. The summed E-state index contributed by atoms with van der Waals surface area (Å²) in [5, 5.41) is 10.0. The Balaban J connectivity index is 1.35. The third-order valence-electron chi connectivity index (χ3n) is 6.41. The number of carbonyl (C=O) groups is 2. The maximum absolute atomic E-state index is 13.1. The Hall–Kier alpha value is -3.16. The van der Waals surface area contributed by atoms with Gasteiger partial charge in [0.05, 0.1) is 25.4 Å². The van der Waals surface area contributed by atoms with E-state index in [0.29, 0.717) is 38.4 Å². The van der Waals surface area contributed by atoms with Gasteiger partial charge in [-0.15, -0.1) is 0 Å². The zero-order valence-electron chi connectivity index (χ0n) is 19.8. The number of para-hydroxylation sites is 1. The highest BCUT2D eigenvalue weighted by Gasteiger charge is 2.22. The van der Waals surface area contributed by atoms with Crippen LogP contribution in [0.25, 0.3) is 10.9 Å². The fourth-order valence-corrected chi connectivity index (χ4v) is 4.44. The summed E-state index contributed by atoms with van der Waals surface area (Å²) in [7, 11) is 1.69. The summed E-state index contributed by atoms with van der Waals surface area (Å²) in [5.41, 5.74) is 3.69. The molecule has 0 aliphatic carbocycles. The number of aromatic nitrogens is 1. The molecule has 1 saturated heterocycles. The average molecular weight is 464 g/mol. The highest BCUT2D eigenvalue weighted by Crippen LogP contribution is 2.24. The lowest BCUT2D eigenvalue weighted by atomic mass is 10.1. The number of unbranched alkanes of at least 4 members (excludes halogenated alkanes) is 1. The molecule has 0 bridgehead atoms. The number of ether oxygens (including phenoxy) is 1. The van der Waals surface area contributed by atoms with Crippen LogP contribution in [0.3, 0.4) is 0 Å². The van der Waals surface area contributed by atoms with Crippen molar-refractivity contribution in [3.05, 3.63) is 71.4 Å². The van der Waals surface area contributed by atoms with Crippen molar-refractivity contribution < 1.29 is 19.4 Å². The van der Waals surface area contributed by atoms with Crippen LogP contribution in [-0.4, -0.2) is 77.8 Å². The van der Waals surface area contributed by atoms with E-state index in [1.54, 1.807) is 7.05 Å². The van der Waals surface area contributed by atoms with Gasteiger partial charge in [-0.1, -0.05) is 30.3 Å². The molecule has 180 valence electrons. The van der Waals surface area contributed by atoms with E-state index in [-0.39, 0.29) is 18.4 Å². The number of hydrogen-bond acceptors (Lipinski definition) is 4. The fourth-order valence-electron chi connectivity index (χ4n) is 4.44. The van der Waals surface area contributed by atoms with Gasteiger partial charge in [0.25, 0.3) is 11.8 Å². The number of aryl methyl sites for hydroxylation is 2. The van der Waals surface area contributed by atoms with Gasteiger partial charge < -0.3 is 24.2 Å². The third-order valence-corrected chi connectivity index (χ3v) is 6.41. The number of likely N-dealkylation sites (N-methyl/N-ethyl adjacent to an activating group) is 1. The van der Waals surface area contributed by atoms with E-state index in [2.05, 4.69) is 10.6 Å². The van der Waals surface area contributed by atoms with E-state index in [0.717, 1.165) is 42.3 Å². The number of benzene rings is 2. The molecule has 0 saturated carbocycles. The second kappa shape index (κ2) is 11.3. The van der Waals surface area contributed by atoms with E-state index < -0.39 is 0 Å². The van der Waals surface area contributed by atoms with Crippen molar-refractivity contribution in [1.82, 2.24) is 14.4 Å². The lowest BCUT2D eigenvalue weighted by Gasteiger charge is -2.26. The molecule has 4 rings (SSSR count). The van der Waals surface area contributed by atoms with Crippen LogP contribution in [-0.2, 0) is 17.7 Å². The Bertz CT molecular complexity index is 1120. The number of aliphatic hydroxyl groups excluding tert-OH is 1. The molecular weight excluding hydrogens is 430 g/mol. The second-order valence-corrected chi connectivity index (χ2v) is 8.76. The number of carbonyl (C=O) groups excluding carboxylic acids is 2. The summed E-state index contributed by atoms with van der Waals surface area (Å²) < 4.78 is 7.59. The van der Waals surface area contributed by atoms with Crippen molar-refractivity contribution in [3.63, 3.8) is 0 Å². The molecule has 2 aromatic carbocycles. The Kier molecular flexibility index (Phi) is 7.98. The minimum atomic E-state index is -0.0810. The first-order valence-electron chi connectivity index (χ1n) is 12.0. The van der Waals surface area contributed by atoms with Gasteiger partial charge in [-0.05, 0) is 43.0 Å². The van der Waals surface area contributed by atoms with Gasteiger partial charge in [0.1, 0.15) is 0 Å². The molecule has 7 nitrogen and oxygen atoms in total. The van der Waals surface area contributed by atoms with Crippen LogP contribution in [0.15, 0.2) is 54.7 Å². The molecule has 0 spiro atoms. The molecule has 7 heteroatoms. The largest absolute Gasteiger partial charge is 0.395 e. The molecule has 1 aromatic heterocycles. The highest BCUT2D eigenvalue weighted by atomic mass is 16.5. The number of rotatable bonds is 9. The average Bonchev–Trinajstić information content (AvgIpc) is 3.25. The van der Waals surface area contributed by atoms with Crippen molar-refractivity contribution in [2.24, 2.45) is 0 Å². The monoisotopic (exact) mass is 463 g/mol. The number of aliphatic hydroxyl groups is 1. The predicted molar refractivity (Wildman–Crippen MR) is 132 cm³/mol. The number of nitrogens with zero attached hydrogens (tertiary/aromatic N) is 3. The quantitative estimate of drug-likeness (QED) is 0.495. The first-order chi connectivity index (χ1) is 16.6. The molecule has 1 aliphatic rings. The highest BCUT2D eigenvalue weighted by molar-refractivity contribution is 6.07. The molecular formula is C27H33N3O4. The van der Waals surface area contributed by atoms with Gasteiger partial charge in [-0.3, -0.25) is 9.59 Å². The zero-order valence-corrected chi connectivity index (χ0v) is 19.8. The number of morpholine rings is 1. The van der Waals surface area contributed by atoms with Crippen molar-refractivity contribution in [2.45, 2.75) is 25.8 Å². The van der Waals surface area contributed by atoms with Crippen LogP contribution >= 0.6 is 0 Å². The van der Waals surface area contributed by atoms with Crippen LogP contribution in [0.2, 0.25) is 0 Å². The summed E-state index contributed by atoms with van der Waals surface area (Å²) in [6.07, 6.45) is 4.94. The zero-order chi connectivity index (χ0) is 23.9. The summed E-state index contributed by atoms with van der Waals surface area (Å²) in [6.45, 7) is 3.60. The Labute approximate surface area is 200 Å². The molecule has 3 aromatic rings. The minimum Gasteiger partial charge on any atom is -0.395 e. The van der Waals surface area contributed by atoms with E-state index in [9.17, 15) is 9.59 Å². The summed E-state index contributed by atoms with van der Waals surface area (Å²) in [4.78, 5) is 28.8. The normalized spacial score (nSPS) is 13.9. The van der Waals surface area contributed by atoms with Crippen molar-refractivity contribution in [2.75, 3.05) is 46.5 Å². The third kappa shape index (κ3) is 5.48. The van der Waals surface area contributed by atoms with Crippen molar-refractivity contribution >= 4 is 22.7 Å². The number of hydrogen-bond donors (Lipinski definition) is 1. The number of fused-ring (bicyclic) bond motifs is 1. The van der Waals surface area contributed by atoms with Crippen LogP contribution in [0, 0.1) is 0 Å². The minimum absolute atomic E-state index is 0.0418. The van der Waals surface area contributed by atoms with E-state index >= 15 is 0 Å². The molecule has 34 heavy (non-hydrogen) atoms. The molecule has 2 amide bonds.